The van der Waals surface area contributed by atoms with Crippen molar-refractivity contribution in [1.82, 2.24) is 0 Å². The lowest BCUT2D eigenvalue weighted by Crippen LogP contribution is -2.41. The van der Waals surface area contributed by atoms with Crippen LogP contribution in [0.1, 0.15) is 20.8 Å². The van der Waals surface area contributed by atoms with Gasteiger partial charge < -0.3 is 0 Å². The third-order valence-electron chi connectivity index (χ3n) is 2.32. The second-order valence-electron chi connectivity index (χ2n) is 3.87. The van der Waals surface area contributed by atoms with E-state index in [4.69, 9.17) is 0 Å². The van der Waals surface area contributed by atoms with Crippen molar-refractivity contribution in [3.63, 3.8) is 0 Å². The monoisotopic (exact) mass is 207 g/mol. The summed E-state index contributed by atoms with van der Waals surface area (Å²) in [5.74, 6) is 0.104. The minimum atomic E-state index is -0.157. The fourth-order valence-electron chi connectivity index (χ4n) is 1.88. The van der Waals surface area contributed by atoms with E-state index in [9.17, 15) is 4.79 Å². The fourth-order valence-corrected chi connectivity index (χ4v) is 3.15. The number of hydrogen-bond acceptors (Lipinski definition) is 2. The minimum Gasteiger partial charge on any atom is -0.297 e. The second-order valence-corrected chi connectivity index (χ2v) is 5.51. The molecule has 0 N–H and O–H groups in total. The van der Waals surface area contributed by atoms with Gasteiger partial charge in [-0.2, -0.15) is 0 Å². The van der Waals surface area contributed by atoms with E-state index in [0.717, 1.165) is 5.69 Å². The van der Waals surface area contributed by atoms with Crippen molar-refractivity contribution in [3.8, 4) is 0 Å². The largest absolute Gasteiger partial charge is 0.297 e. The molecule has 0 bridgehead atoms. The van der Waals surface area contributed by atoms with Crippen LogP contribution in [0.15, 0.2) is 29.2 Å². The summed E-state index contributed by atoms with van der Waals surface area (Å²) in [6.07, 6.45) is 0. The van der Waals surface area contributed by atoms with E-state index in [0.29, 0.717) is 0 Å². The zero-order valence-electron chi connectivity index (χ0n) is 8.57. The van der Waals surface area contributed by atoms with Gasteiger partial charge in [0, 0.05) is 11.8 Å². The van der Waals surface area contributed by atoms with Crippen molar-refractivity contribution in [3.05, 3.63) is 24.3 Å². The van der Waals surface area contributed by atoms with Gasteiger partial charge in [0.25, 0.3) is 0 Å². The number of para-hydroxylation sites is 1. The summed E-state index contributed by atoms with van der Waals surface area (Å²) < 4.78 is 0. The molecule has 0 atom stereocenters. The van der Waals surface area contributed by atoms with E-state index in [2.05, 4.69) is 19.9 Å². The van der Waals surface area contributed by atoms with E-state index < -0.39 is 0 Å². The average molecular weight is 207 g/mol. The minimum absolute atomic E-state index is 0.104. The summed E-state index contributed by atoms with van der Waals surface area (Å²) in [7, 11) is 0. The Morgan fingerprint density at radius 2 is 2.00 bits per heavy atom. The van der Waals surface area contributed by atoms with Crippen molar-refractivity contribution in [2.45, 2.75) is 30.5 Å². The first-order valence-electron chi connectivity index (χ1n) is 4.61. The topological polar surface area (TPSA) is 20.3 Å². The van der Waals surface area contributed by atoms with Crippen molar-refractivity contribution in [2.24, 2.45) is 0 Å². The number of carbonyl (C=O) groups is 1. The molecule has 0 saturated heterocycles. The highest BCUT2D eigenvalue weighted by atomic mass is 32.2. The number of thioether (sulfide) groups is 1. The summed E-state index contributed by atoms with van der Waals surface area (Å²) in [5, 5.41) is 0. The van der Waals surface area contributed by atoms with Crippen LogP contribution in [0.25, 0.3) is 0 Å². The highest BCUT2D eigenvalue weighted by Crippen LogP contribution is 2.49. The molecule has 1 aromatic rings. The van der Waals surface area contributed by atoms with Crippen LogP contribution in [0.2, 0.25) is 0 Å². The number of anilines is 1. The molecule has 0 fully saturated rings. The Labute approximate surface area is 88.3 Å². The maximum Gasteiger partial charge on any atom is 0.225 e. The fraction of sp³-hybridized carbons (Fsp3) is 0.364. The van der Waals surface area contributed by atoms with Crippen LogP contribution in [-0.4, -0.2) is 10.8 Å². The third kappa shape index (κ3) is 1.32. The lowest BCUT2D eigenvalue weighted by molar-refractivity contribution is -0.117. The van der Waals surface area contributed by atoms with Gasteiger partial charge in [-0.15, -0.1) is 0 Å². The number of fused-ring (bicyclic) bond motifs is 1. The summed E-state index contributed by atoms with van der Waals surface area (Å²) in [6.45, 7) is 5.75. The van der Waals surface area contributed by atoms with Crippen LogP contribution in [0.4, 0.5) is 5.69 Å². The summed E-state index contributed by atoms with van der Waals surface area (Å²) >= 11 is 1.73. The van der Waals surface area contributed by atoms with Gasteiger partial charge in [0.15, 0.2) is 0 Å². The number of nitrogens with zero attached hydrogens (tertiary/aromatic N) is 1. The smallest absolute Gasteiger partial charge is 0.225 e. The average Bonchev–Trinajstić information content (AvgIpc) is 2.33. The summed E-state index contributed by atoms with van der Waals surface area (Å²) in [5.41, 5.74) is 1.04. The van der Waals surface area contributed by atoms with Crippen molar-refractivity contribution >= 4 is 23.4 Å². The Hall–Kier alpha value is -0.960. The Morgan fingerprint density at radius 1 is 1.36 bits per heavy atom. The molecular weight excluding hydrogens is 194 g/mol. The predicted molar refractivity (Wildman–Crippen MR) is 59.5 cm³/mol. The maximum atomic E-state index is 11.5. The molecule has 0 aliphatic carbocycles. The van der Waals surface area contributed by atoms with E-state index in [1.807, 2.05) is 23.1 Å². The molecule has 1 amide bonds. The molecule has 0 saturated carbocycles. The first kappa shape index (κ1) is 9.59. The van der Waals surface area contributed by atoms with Crippen LogP contribution in [0, 0.1) is 0 Å². The number of benzene rings is 1. The normalized spacial score (nSPS) is 18.1. The van der Waals surface area contributed by atoms with Gasteiger partial charge in [0.2, 0.25) is 5.91 Å². The standard InChI is InChI=1S/C11H13NOS/c1-8(13)12-9-6-4-5-7-10(9)14-11(12,2)3/h4-7H,1-3H3. The molecule has 1 heterocycles. The molecule has 0 aromatic heterocycles. The first-order valence-corrected chi connectivity index (χ1v) is 5.43. The second kappa shape index (κ2) is 3.02. The third-order valence-corrected chi connectivity index (χ3v) is 3.57. The highest BCUT2D eigenvalue weighted by molar-refractivity contribution is 8.01. The van der Waals surface area contributed by atoms with Crippen LogP contribution >= 0.6 is 11.8 Å². The summed E-state index contributed by atoms with van der Waals surface area (Å²) in [6, 6.07) is 8.03. The van der Waals surface area contributed by atoms with Gasteiger partial charge in [-0.05, 0) is 26.0 Å². The first-order chi connectivity index (χ1) is 6.52. The zero-order valence-corrected chi connectivity index (χ0v) is 9.39. The molecule has 2 nitrogen and oxygen atoms in total. The van der Waals surface area contributed by atoms with Crippen LogP contribution in [0.5, 0.6) is 0 Å². The molecule has 1 aromatic carbocycles. The van der Waals surface area contributed by atoms with Crippen LogP contribution in [0.3, 0.4) is 0 Å². The summed E-state index contributed by atoms with van der Waals surface area (Å²) in [4.78, 5) is 14.4. The number of hydrogen-bond donors (Lipinski definition) is 0. The molecular formula is C11H13NOS. The molecule has 0 radical (unpaired) electrons. The van der Waals surface area contributed by atoms with Crippen molar-refractivity contribution < 1.29 is 4.79 Å². The Balaban J connectivity index is 2.53. The molecule has 0 unspecified atom stereocenters. The number of amides is 1. The van der Waals surface area contributed by atoms with Gasteiger partial charge in [-0.25, -0.2) is 0 Å². The Kier molecular flexibility index (Phi) is 2.07. The van der Waals surface area contributed by atoms with Gasteiger partial charge in [0.1, 0.15) is 0 Å². The van der Waals surface area contributed by atoms with Gasteiger partial charge >= 0.3 is 0 Å². The van der Waals surface area contributed by atoms with Crippen LogP contribution in [-0.2, 0) is 4.79 Å². The van der Waals surface area contributed by atoms with Gasteiger partial charge in [-0.1, -0.05) is 23.9 Å². The predicted octanol–water partition coefficient (Wildman–Crippen LogP) is 2.88. The van der Waals surface area contributed by atoms with E-state index in [1.54, 1.807) is 18.7 Å². The zero-order chi connectivity index (χ0) is 10.3. The molecule has 74 valence electrons. The number of rotatable bonds is 0. The molecule has 14 heavy (non-hydrogen) atoms. The van der Waals surface area contributed by atoms with E-state index in [-0.39, 0.29) is 10.8 Å². The SMILES string of the molecule is CC(=O)N1c2ccccc2SC1(C)C. The van der Waals surface area contributed by atoms with Crippen molar-refractivity contribution in [1.29, 1.82) is 0 Å². The molecule has 2 rings (SSSR count). The molecule has 3 heteroatoms. The molecule has 0 spiro atoms. The molecule has 1 aliphatic rings. The van der Waals surface area contributed by atoms with Crippen molar-refractivity contribution in [2.75, 3.05) is 4.90 Å². The van der Waals surface area contributed by atoms with Gasteiger partial charge in [-0.3, -0.25) is 9.69 Å². The molecule has 1 aliphatic heterocycles. The van der Waals surface area contributed by atoms with E-state index in [1.165, 1.54) is 4.90 Å². The van der Waals surface area contributed by atoms with Gasteiger partial charge in [0.05, 0.1) is 10.6 Å². The maximum absolute atomic E-state index is 11.5. The Bertz CT molecular complexity index is 387. The highest BCUT2D eigenvalue weighted by Gasteiger charge is 2.38. The Morgan fingerprint density at radius 3 is 2.64 bits per heavy atom. The quantitative estimate of drug-likeness (QED) is 0.652. The van der Waals surface area contributed by atoms with Crippen LogP contribution < -0.4 is 4.90 Å². The van der Waals surface area contributed by atoms with E-state index >= 15 is 0 Å². The lowest BCUT2D eigenvalue weighted by atomic mass is 10.2. The lowest BCUT2D eigenvalue weighted by Gasteiger charge is -2.29. The number of carbonyl (C=O) groups excluding carboxylic acids is 1.